The van der Waals surface area contributed by atoms with Gasteiger partial charge in [0.15, 0.2) is 9.84 Å². The summed E-state index contributed by atoms with van der Waals surface area (Å²) in [6, 6.07) is 8.40. The van der Waals surface area contributed by atoms with E-state index in [9.17, 15) is 26.4 Å². The Hall–Kier alpha value is -2.90. The normalized spacial score (nSPS) is 26.6. The van der Waals surface area contributed by atoms with Crippen LogP contribution in [-0.2, 0) is 20.8 Å². The lowest BCUT2D eigenvalue weighted by molar-refractivity contribution is -0.141. The number of hydrogen-bond donors (Lipinski definition) is 4. The number of pyridine rings is 1. The number of fused-ring (bicyclic) bond motifs is 1. The second-order valence-corrected chi connectivity index (χ2v) is 11.6. The molecule has 2 aromatic rings. The monoisotopic (exact) mass is 524 g/mol. The maximum absolute atomic E-state index is 13.1. The lowest BCUT2D eigenvalue weighted by Gasteiger charge is -2.39. The second kappa shape index (κ2) is 8.89. The maximum atomic E-state index is 13.1. The number of carbonyl (C=O) groups is 1. The molecule has 3 heterocycles. The Labute approximate surface area is 206 Å². The van der Waals surface area contributed by atoms with Gasteiger partial charge in [-0.3, -0.25) is 15.1 Å². The van der Waals surface area contributed by atoms with E-state index in [0.717, 1.165) is 30.7 Å². The Morgan fingerprint density at radius 1 is 1.14 bits per heavy atom. The van der Waals surface area contributed by atoms with Gasteiger partial charge in [-0.2, -0.15) is 13.2 Å². The van der Waals surface area contributed by atoms with Gasteiger partial charge in [0.1, 0.15) is 11.5 Å². The van der Waals surface area contributed by atoms with Gasteiger partial charge in [0.05, 0.1) is 28.8 Å². The van der Waals surface area contributed by atoms with Crippen LogP contribution in [0.3, 0.4) is 0 Å². The molecule has 2 aliphatic heterocycles. The number of nitrogens with zero attached hydrogens (tertiary/aromatic N) is 2. The van der Waals surface area contributed by atoms with Crippen molar-refractivity contribution in [1.82, 2.24) is 20.7 Å². The maximum Gasteiger partial charge on any atom is 0.433 e. The summed E-state index contributed by atoms with van der Waals surface area (Å²) < 4.78 is 64.5. The van der Waals surface area contributed by atoms with Crippen molar-refractivity contribution >= 4 is 27.2 Å². The Bertz CT molecular complexity index is 1280. The number of hydrogen-bond acceptors (Lipinski definition) is 8. The Morgan fingerprint density at radius 2 is 1.89 bits per heavy atom. The van der Waals surface area contributed by atoms with Crippen molar-refractivity contribution in [2.24, 2.45) is 5.92 Å². The molecule has 0 spiro atoms. The van der Waals surface area contributed by atoms with Crippen molar-refractivity contribution in [2.75, 3.05) is 23.9 Å². The average Bonchev–Trinajstić information content (AvgIpc) is 3.59. The molecule has 3 fully saturated rings. The van der Waals surface area contributed by atoms with Crippen LogP contribution in [-0.4, -0.2) is 56.0 Å². The van der Waals surface area contributed by atoms with Gasteiger partial charge in [0.2, 0.25) is 5.91 Å². The molecule has 1 aliphatic carbocycles. The zero-order chi connectivity index (χ0) is 25.8. The molecule has 1 amide bonds. The number of aromatic nitrogens is 1. The summed E-state index contributed by atoms with van der Waals surface area (Å²) in [4.78, 5) is 16.7. The predicted molar refractivity (Wildman–Crippen MR) is 127 cm³/mol. The van der Waals surface area contributed by atoms with E-state index in [0.29, 0.717) is 11.6 Å². The first kappa shape index (κ1) is 24.8. The highest BCUT2D eigenvalue weighted by Gasteiger charge is 2.48. The summed E-state index contributed by atoms with van der Waals surface area (Å²) in [6.07, 6.45) is -2.19. The van der Waals surface area contributed by atoms with E-state index in [1.54, 1.807) is 19.2 Å². The average molecular weight is 525 g/mol. The minimum Gasteiger partial charge on any atom is -0.380 e. The summed E-state index contributed by atoms with van der Waals surface area (Å²) in [5.41, 5.74) is 3.37. The lowest BCUT2D eigenvalue weighted by Crippen LogP contribution is -2.61. The molecule has 194 valence electrons. The molecule has 3 aliphatic rings. The largest absolute Gasteiger partial charge is 0.433 e. The molecular weight excluding hydrogens is 497 g/mol. The standard InChI is InChI=1S/C23H27F3N6O3S/c1-32-22(33)20-15(27-14-9-8-13(12-6-7-12)10-16(14)36(2,34)35)11-19(30-21(20)31-32)29-18-5-3-4-17(28-18)23(24,25)26/h3-5,8-10,12,15,19-21,27,30-31H,6-7,11H2,1-2H3,(H,28,29). The van der Waals surface area contributed by atoms with Crippen LogP contribution in [0.25, 0.3) is 0 Å². The number of piperidine rings is 1. The fraction of sp³-hybridized carbons (Fsp3) is 0.478. The van der Waals surface area contributed by atoms with E-state index < -0.39 is 46.0 Å². The number of benzene rings is 1. The Kier molecular flexibility index (Phi) is 6.12. The fourth-order valence-corrected chi connectivity index (χ4v) is 5.76. The number of carbonyl (C=O) groups excluding carboxylic acids is 1. The predicted octanol–water partition coefficient (Wildman–Crippen LogP) is 2.51. The summed E-state index contributed by atoms with van der Waals surface area (Å²) in [7, 11) is -1.98. The SMILES string of the molecule is CN1NC2NC(Nc3cccc(C(F)(F)F)n3)CC(Nc3ccc(C4CC4)cc3S(C)(=O)=O)C2C1=O. The molecule has 1 aromatic carbocycles. The van der Waals surface area contributed by atoms with Crippen LogP contribution < -0.4 is 21.4 Å². The third-order valence-corrected chi connectivity index (χ3v) is 7.90. The van der Waals surface area contributed by atoms with Gasteiger partial charge in [-0.25, -0.2) is 18.8 Å². The molecule has 1 aromatic heterocycles. The quantitative estimate of drug-likeness (QED) is 0.456. The van der Waals surface area contributed by atoms with Crippen molar-refractivity contribution in [3.63, 3.8) is 0 Å². The highest BCUT2D eigenvalue weighted by molar-refractivity contribution is 7.90. The van der Waals surface area contributed by atoms with E-state index in [1.807, 2.05) is 6.07 Å². The Balaban J connectivity index is 1.43. The highest BCUT2D eigenvalue weighted by atomic mass is 32.2. The number of halogens is 3. The first-order valence-corrected chi connectivity index (χ1v) is 13.5. The number of anilines is 2. The van der Waals surface area contributed by atoms with Crippen LogP contribution >= 0.6 is 0 Å². The van der Waals surface area contributed by atoms with Gasteiger partial charge in [0, 0.05) is 25.8 Å². The zero-order valence-corrected chi connectivity index (χ0v) is 20.4. The third-order valence-electron chi connectivity index (χ3n) is 6.77. The minimum atomic E-state index is -4.58. The molecule has 1 saturated carbocycles. The van der Waals surface area contributed by atoms with Crippen molar-refractivity contribution in [3.05, 3.63) is 47.7 Å². The topological polar surface area (TPSA) is 115 Å². The van der Waals surface area contributed by atoms with Crippen molar-refractivity contribution in [1.29, 1.82) is 0 Å². The second-order valence-electron chi connectivity index (χ2n) is 9.59. The van der Waals surface area contributed by atoms with Crippen LogP contribution in [0.1, 0.15) is 36.4 Å². The van der Waals surface area contributed by atoms with Crippen molar-refractivity contribution < 1.29 is 26.4 Å². The van der Waals surface area contributed by atoms with Crippen LogP contribution in [0.2, 0.25) is 0 Å². The van der Waals surface area contributed by atoms with Gasteiger partial charge in [-0.1, -0.05) is 12.1 Å². The smallest absolute Gasteiger partial charge is 0.380 e. The summed E-state index contributed by atoms with van der Waals surface area (Å²) in [5, 5.41) is 10.8. The number of alkyl halides is 3. The first-order valence-electron chi connectivity index (χ1n) is 11.6. The number of nitrogens with one attached hydrogen (secondary N) is 4. The minimum absolute atomic E-state index is 0.0304. The van der Waals surface area contributed by atoms with Gasteiger partial charge in [-0.05, 0) is 48.6 Å². The molecule has 9 nitrogen and oxygen atoms in total. The molecule has 4 unspecified atom stereocenters. The van der Waals surface area contributed by atoms with Crippen LogP contribution in [0.15, 0.2) is 41.3 Å². The van der Waals surface area contributed by atoms with Gasteiger partial charge in [0.25, 0.3) is 0 Å². The number of amides is 1. The molecule has 2 saturated heterocycles. The van der Waals surface area contributed by atoms with Crippen molar-refractivity contribution in [3.8, 4) is 0 Å². The molecule has 36 heavy (non-hydrogen) atoms. The lowest BCUT2D eigenvalue weighted by atomic mass is 9.88. The van der Waals surface area contributed by atoms with Crippen molar-refractivity contribution in [2.45, 2.75) is 54.6 Å². The molecule has 13 heteroatoms. The molecular formula is C23H27F3N6O3S. The third kappa shape index (κ3) is 5.00. The summed E-state index contributed by atoms with van der Waals surface area (Å²) >= 11 is 0. The molecule has 0 radical (unpaired) electrons. The van der Waals surface area contributed by atoms with E-state index >= 15 is 0 Å². The van der Waals surface area contributed by atoms with E-state index in [-0.39, 0.29) is 23.0 Å². The summed E-state index contributed by atoms with van der Waals surface area (Å²) in [6.45, 7) is 0. The van der Waals surface area contributed by atoms with Gasteiger partial charge < -0.3 is 10.6 Å². The van der Waals surface area contributed by atoms with Gasteiger partial charge >= 0.3 is 6.18 Å². The fourth-order valence-electron chi connectivity index (χ4n) is 4.89. The van der Waals surface area contributed by atoms with Crippen LogP contribution in [0.4, 0.5) is 24.7 Å². The number of hydrazine groups is 1. The summed E-state index contributed by atoms with van der Waals surface area (Å²) in [5.74, 6) is -0.359. The Morgan fingerprint density at radius 3 is 2.56 bits per heavy atom. The molecule has 4 atom stereocenters. The van der Waals surface area contributed by atoms with E-state index in [4.69, 9.17) is 0 Å². The highest BCUT2D eigenvalue weighted by Crippen LogP contribution is 2.42. The van der Waals surface area contributed by atoms with Gasteiger partial charge in [-0.15, -0.1) is 0 Å². The molecule has 5 rings (SSSR count). The van der Waals surface area contributed by atoms with Crippen LogP contribution in [0.5, 0.6) is 0 Å². The molecule has 0 bridgehead atoms. The molecule has 4 N–H and O–H groups in total. The number of sulfone groups is 1. The first-order chi connectivity index (χ1) is 16.9. The van der Waals surface area contributed by atoms with E-state index in [2.05, 4.69) is 26.4 Å². The number of rotatable bonds is 6. The van der Waals surface area contributed by atoms with E-state index in [1.165, 1.54) is 17.1 Å². The van der Waals surface area contributed by atoms with Crippen LogP contribution in [0, 0.1) is 5.92 Å². The zero-order valence-electron chi connectivity index (χ0n) is 19.6.